The number of nitrogens with zero attached hydrogens (tertiary/aromatic N) is 1. The lowest BCUT2D eigenvalue weighted by Crippen LogP contribution is -2.19. The number of esters is 1. The number of aromatic amines is 1. The second-order valence-corrected chi connectivity index (χ2v) is 10.2. The van der Waals surface area contributed by atoms with Crippen LogP contribution in [0.15, 0.2) is 96.1 Å². The van der Waals surface area contributed by atoms with Crippen LogP contribution < -0.4 is 10.2 Å². The maximum absolute atomic E-state index is 13.3. The van der Waals surface area contributed by atoms with E-state index in [1.165, 1.54) is 6.21 Å². The predicted octanol–water partition coefficient (Wildman–Crippen LogP) is 7.73. The van der Waals surface area contributed by atoms with E-state index in [0.29, 0.717) is 26.9 Å². The molecule has 188 valence electrons. The molecule has 9 heteroatoms. The number of hydrogen-bond donors (Lipinski definition) is 2. The van der Waals surface area contributed by atoms with Crippen molar-refractivity contribution in [2.24, 2.45) is 5.10 Å². The van der Waals surface area contributed by atoms with Crippen molar-refractivity contribution < 1.29 is 14.3 Å². The van der Waals surface area contributed by atoms with Crippen molar-refractivity contribution in [2.45, 2.75) is 0 Å². The van der Waals surface area contributed by atoms with Gasteiger partial charge < -0.3 is 9.72 Å². The molecule has 1 amide bonds. The fourth-order valence-electron chi connectivity index (χ4n) is 3.96. The highest BCUT2D eigenvalue weighted by molar-refractivity contribution is 14.1. The highest BCUT2D eigenvalue weighted by Crippen LogP contribution is 2.37. The van der Waals surface area contributed by atoms with Gasteiger partial charge in [-0.25, -0.2) is 10.2 Å². The third kappa shape index (κ3) is 5.45. The second kappa shape index (κ2) is 11.4. The average molecular weight is 654 g/mol. The summed E-state index contributed by atoms with van der Waals surface area (Å²) in [4.78, 5) is 29.1. The van der Waals surface area contributed by atoms with E-state index in [2.05, 4.69) is 38.1 Å². The molecule has 5 aromatic rings. The standard InChI is InChI=1S/C29H18Cl2IN3O3/c30-22-10-4-2-8-19(22)26-21-15-18(32)13-14-24(21)34-27(26)28(36)35-33-16-17-7-1-6-12-25(17)38-29(37)20-9-3-5-11-23(20)31/h1-16,34H,(H,35,36). The first-order valence-corrected chi connectivity index (χ1v) is 13.2. The van der Waals surface area contributed by atoms with Gasteiger partial charge in [-0.05, 0) is 71.1 Å². The number of fused-ring (bicyclic) bond motifs is 1. The minimum atomic E-state index is -0.599. The Morgan fingerprint density at radius 3 is 2.39 bits per heavy atom. The molecular formula is C29H18Cl2IN3O3. The number of carbonyl (C=O) groups excluding carboxylic acids is 2. The third-order valence-corrected chi connectivity index (χ3v) is 7.05. The monoisotopic (exact) mass is 653 g/mol. The zero-order valence-electron chi connectivity index (χ0n) is 19.5. The lowest BCUT2D eigenvalue weighted by Gasteiger charge is -2.08. The third-order valence-electron chi connectivity index (χ3n) is 5.72. The molecule has 0 radical (unpaired) electrons. The van der Waals surface area contributed by atoms with Gasteiger partial charge in [0.1, 0.15) is 11.4 Å². The van der Waals surface area contributed by atoms with Crippen molar-refractivity contribution in [1.82, 2.24) is 10.4 Å². The number of carbonyl (C=O) groups is 2. The fraction of sp³-hybridized carbons (Fsp3) is 0. The Morgan fingerprint density at radius 1 is 0.895 bits per heavy atom. The molecule has 38 heavy (non-hydrogen) atoms. The first kappa shape index (κ1) is 26.0. The summed E-state index contributed by atoms with van der Waals surface area (Å²) in [6.07, 6.45) is 1.41. The molecule has 1 aromatic heterocycles. The van der Waals surface area contributed by atoms with Gasteiger partial charge in [0.05, 0.1) is 16.8 Å². The van der Waals surface area contributed by atoms with Crippen molar-refractivity contribution in [3.63, 3.8) is 0 Å². The number of halogens is 3. The summed E-state index contributed by atoms with van der Waals surface area (Å²) in [6.45, 7) is 0. The molecule has 5 rings (SSSR count). The maximum atomic E-state index is 13.3. The lowest BCUT2D eigenvalue weighted by atomic mass is 10.0. The zero-order chi connectivity index (χ0) is 26.6. The molecule has 0 atom stereocenters. The zero-order valence-corrected chi connectivity index (χ0v) is 23.2. The lowest BCUT2D eigenvalue weighted by molar-refractivity contribution is 0.0734. The number of aromatic nitrogens is 1. The predicted molar refractivity (Wildman–Crippen MR) is 159 cm³/mol. The second-order valence-electron chi connectivity index (χ2n) is 8.15. The fourth-order valence-corrected chi connectivity index (χ4v) is 4.89. The van der Waals surface area contributed by atoms with Gasteiger partial charge in [0.15, 0.2) is 0 Å². The van der Waals surface area contributed by atoms with Crippen LogP contribution in [0.3, 0.4) is 0 Å². The van der Waals surface area contributed by atoms with E-state index >= 15 is 0 Å². The molecule has 0 aliphatic carbocycles. The summed E-state index contributed by atoms with van der Waals surface area (Å²) in [5.74, 6) is -0.780. The Labute approximate surface area is 241 Å². The number of rotatable bonds is 6. The van der Waals surface area contributed by atoms with Crippen LogP contribution in [0.1, 0.15) is 26.4 Å². The van der Waals surface area contributed by atoms with E-state index in [1.54, 1.807) is 54.6 Å². The van der Waals surface area contributed by atoms with Crippen molar-refractivity contribution in [3.8, 4) is 16.9 Å². The molecule has 0 bridgehead atoms. The van der Waals surface area contributed by atoms with E-state index in [1.807, 2.05) is 36.4 Å². The molecule has 6 nitrogen and oxygen atoms in total. The molecular weight excluding hydrogens is 636 g/mol. The number of para-hydroxylation sites is 1. The van der Waals surface area contributed by atoms with Crippen LogP contribution in [0, 0.1) is 3.57 Å². The molecule has 0 unspecified atom stereocenters. The summed E-state index contributed by atoms with van der Waals surface area (Å²) >= 11 is 14.9. The number of amides is 1. The molecule has 0 saturated carbocycles. The SMILES string of the molecule is O=C(Oc1ccccc1C=NNC(=O)c1[nH]c2ccc(I)cc2c1-c1ccccc1Cl)c1ccccc1Cl. The van der Waals surface area contributed by atoms with Gasteiger partial charge in [-0.3, -0.25) is 4.79 Å². The van der Waals surface area contributed by atoms with Crippen LogP contribution in [0.2, 0.25) is 10.0 Å². The summed E-state index contributed by atoms with van der Waals surface area (Å²) in [5.41, 5.74) is 5.84. The summed E-state index contributed by atoms with van der Waals surface area (Å²) in [7, 11) is 0. The van der Waals surface area contributed by atoms with E-state index in [4.69, 9.17) is 27.9 Å². The van der Waals surface area contributed by atoms with Crippen LogP contribution >= 0.6 is 45.8 Å². The van der Waals surface area contributed by atoms with Crippen LogP contribution in [0.5, 0.6) is 5.75 Å². The number of hydrazone groups is 1. The Morgan fingerprint density at radius 2 is 1.61 bits per heavy atom. The van der Waals surface area contributed by atoms with E-state index in [-0.39, 0.29) is 11.3 Å². The topological polar surface area (TPSA) is 83.5 Å². The van der Waals surface area contributed by atoms with Crippen molar-refractivity contribution in [2.75, 3.05) is 0 Å². The summed E-state index contributed by atoms with van der Waals surface area (Å²) in [6, 6.07) is 26.7. The molecule has 0 fully saturated rings. The number of H-pyrrole nitrogens is 1. The highest BCUT2D eigenvalue weighted by atomic mass is 127. The minimum absolute atomic E-state index is 0.245. The van der Waals surface area contributed by atoms with Crippen LogP contribution in [0.4, 0.5) is 0 Å². The number of ether oxygens (including phenoxy) is 1. The summed E-state index contributed by atoms with van der Waals surface area (Å²) in [5, 5.41) is 5.81. The highest BCUT2D eigenvalue weighted by Gasteiger charge is 2.21. The van der Waals surface area contributed by atoms with Crippen molar-refractivity contribution >= 4 is 74.8 Å². The van der Waals surface area contributed by atoms with Crippen molar-refractivity contribution in [1.29, 1.82) is 0 Å². The molecule has 0 saturated heterocycles. The number of benzene rings is 4. The molecule has 0 aliphatic rings. The molecule has 0 spiro atoms. The summed E-state index contributed by atoms with van der Waals surface area (Å²) < 4.78 is 6.57. The van der Waals surface area contributed by atoms with E-state index < -0.39 is 11.9 Å². The Kier molecular flexibility index (Phi) is 7.78. The Balaban J connectivity index is 1.42. The smallest absolute Gasteiger partial charge is 0.345 e. The quantitative estimate of drug-likeness (QED) is 0.0647. The Hall–Kier alpha value is -3.66. The van der Waals surface area contributed by atoms with Gasteiger partial charge in [0.25, 0.3) is 5.91 Å². The van der Waals surface area contributed by atoms with Gasteiger partial charge in [0, 0.05) is 36.2 Å². The number of nitrogens with one attached hydrogen (secondary N) is 2. The largest absolute Gasteiger partial charge is 0.422 e. The van der Waals surface area contributed by atoms with E-state index in [9.17, 15) is 9.59 Å². The van der Waals surface area contributed by atoms with Crippen LogP contribution in [-0.2, 0) is 0 Å². The van der Waals surface area contributed by atoms with Gasteiger partial charge in [-0.15, -0.1) is 0 Å². The van der Waals surface area contributed by atoms with Gasteiger partial charge >= 0.3 is 5.97 Å². The number of hydrogen-bond acceptors (Lipinski definition) is 4. The van der Waals surface area contributed by atoms with Crippen molar-refractivity contribution in [3.05, 3.63) is 121 Å². The Bertz CT molecular complexity index is 1710. The molecule has 0 aliphatic heterocycles. The molecule has 2 N–H and O–H groups in total. The first-order chi connectivity index (χ1) is 18.4. The van der Waals surface area contributed by atoms with Gasteiger partial charge in [0.2, 0.25) is 0 Å². The van der Waals surface area contributed by atoms with Crippen LogP contribution in [0.25, 0.3) is 22.0 Å². The molecule has 4 aromatic carbocycles. The average Bonchev–Trinajstić information content (AvgIpc) is 3.28. The van der Waals surface area contributed by atoms with Crippen LogP contribution in [-0.4, -0.2) is 23.1 Å². The molecule has 1 heterocycles. The van der Waals surface area contributed by atoms with Gasteiger partial charge in [-0.1, -0.05) is 65.7 Å². The minimum Gasteiger partial charge on any atom is -0.422 e. The van der Waals surface area contributed by atoms with Gasteiger partial charge in [-0.2, -0.15) is 5.10 Å². The first-order valence-electron chi connectivity index (χ1n) is 11.4. The normalized spacial score (nSPS) is 11.1. The maximum Gasteiger partial charge on any atom is 0.345 e. The van der Waals surface area contributed by atoms with E-state index in [0.717, 1.165) is 20.0 Å².